The number of nitrogens with zero attached hydrogens (tertiary/aromatic N) is 5. The summed E-state index contributed by atoms with van der Waals surface area (Å²) in [4.78, 5) is 23.3. The van der Waals surface area contributed by atoms with Gasteiger partial charge in [-0.1, -0.05) is 25.5 Å². The molecule has 5 rings (SSSR count). The smallest absolute Gasteiger partial charge is 0.262 e. The molecule has 2 atom stereocenters. The van der Waals surface area contributed by atoms with Crippen LogP contribution < -0.4 is 5.56 Å². The van der Waals surface area contributed by atoms with E-state index in [-0.39, 0.29) is 17.5 Å². The van der Waals surface area contributed by atoms with Crippen molar-refractivity contribution >= 4 is 11.0 Å². The Morgan fingerprint density at radius 3 is 2.72 bits per heavy atom. The van der Waals surface area contributed by atoms with Crippen molar-refractivity contribution in [2.75, 3.05) is 26.3 Å². The molecule has 2 aromatic heterocycles. The van der Waals surface area contributed by atoms with Gasteiger partial charge in [0.15, 0.2) is 5.65 Å². The largest absolute Gasteiger partial charge is 0.381 e. The molecule has 1 aromatic carbocycles. The summed E-state index contributed by atoms with van der Waals surface area (Å²) in [6.45, 7) is 6.26. The Kier molecular flexibility index (Phi) is 5.77. The lowest BCUT2D eigenvalue weighted by Crippen LogP contribution is -2.23. The van der Waals surface area contributed by atoms with E-state index in [1.165, 1.54) is 5.56 Å². The van der Waals surface area contributed by atoms with Crippen LogP contribution in [0.3, 0.4) is 0 Å². The summed E-state index contributed by atoms with van der Waals surface area (Å²) in [5.74, 6) is 1.37. The van der Waals surface area contributed by atoms with E-state index in [0.717, 1.165) is 44.7 Å². The maximum Gasteiger partial charge on any atom is 0.262 e. The zero-order valence-electron chi connectivity index (χ0n) is 18.3. The lowest BCUT2D eigenvalue weighted by molar-refractivity contribution is 0.0673. The predicted molar refractivity (Wildman–Crippen MR) is 120 cm³/mol. The Labute approximate surface area is 186 Å². The van der Waals surface area contributed by atoms with Gasteiger partial charge in [-0.05, 0) is 36.5 Å². The lowest BCUT2D eigenvalue weighted by Gasteiger charge is -2.23. The summed E-state index contributed by atoms with van der Waals surface area (Å²) in [6, 6.07) is 10.2. The second kappa shape index (κ2) is 8.85. The predicted octanol–water partition coefficient (Wildman–Crippen LogP) is 2.97. The number of ether oxygens (including phenoxy) is 1. The standard InChI is InChI=1S/C24H28N6O2/c1-2-18-14-29(13-17-5-3-16(11-25)4-6-17)15-21(18)22-27-23-20(24(31)28-22)12-26-30(23)19-7-9-32-10-8-19/h3-6,12,18-19,21H,2,7-10,13-15H2,1H3,(H,27,28,31)/t18-,21-/m1/s1. The first-order valence-corrected chi connectivity index (χ1v) is 11.4. The molecule has 0 radical (unpaired) electrons. The number of hydrogen-bond donors (Lipinski definition) is 1. The first-order chi connectivity index (χ1) is 15.7. The summed E-state index contributed by atoms with van der Waals surface area (Å²) in [5, 5.41) is 14.1. The van der Waals surface area contributed by atoms with Gasteiger partial charge >= 0.3 is 0 Å². The van der Waals surface area contributed by atoms with Crippen LogP contribution in [0.4, 0.5) is 0 Å². The fraction of sp³-hybridized carbons (Fsp3) is 0.500. The third kappa shape index (κ3) is 3.94. The first kappa shape index (κ1) is 20.9. The molecule has 2 aliphatic rings. The third-order valence-electron chi connectivity index (χ3n) is 6.90. The minimum absolute atomic E-state index is 0.108. The normalized spacial score (nSPS) is 22.4. The van der Waals surface area contributed by atoms with E-state index in [0.29, 0.717) is 35.7 Å². The highest BCUT2D eigenvalue weighted by Gasteiger charge is 2.35. The second-order valence-electron chi connectivity index (χ2n) is 8.90. The van der Waals surface area contributed by atoms with Gasteiger partial charge in [-0.2, -0.15) is 10.4 Å². The van der Waals surface area contributed by atoms with E-state index in [9.17, 15) is 4.79 Å². The molecule has 0 aliphatic carbocycles. The molecule has 0 spiro atoms. The molecular formula is C24H28N6O2. The number of nitriles is 1. The number of nitrogens with one attached hydrogen (secondary N) is 1. The van der Waals surface area contributed by atoms with E-state index < -0.39 is 0 Å². The summed E-state index contributed by atoms with van der Waals surface area (Å²) in [6.07, 6.45) is 4.44. The fourth-order valence-electron chi connectivity index (χ4n) is 5.08. The van der Waals surface area contributed by atoms with Crippen LogP contribution in [0.15, 0.2) is 35.3 Å². The van der Waals surface area contributed by atoms with Crippen LogP contribution in [-0.2, 0) is 11.3 Å². The molecule has 4 heterocycles. The average Bonchev–Trinajstić information content (AvgIpc) is 3.44. The molecule has 1 N–H and O–H groups in total. The van der Waals surface area contributed by atoms with Crippen LogP contribution >= 0.6 is 0 Å². The number of benzene rings is 1. The molecule has 0 bridgehead atoms. The molecule has 0 unspecified atom stereocenters. The lowest BCUT2D eigenvalue weighted by atomic mass is 9.93. The maximum atomic E-state index is 12.9. The number of H-pyrrole nitrogens is 1. The van der Waals surface area contributed by atoms with E-state index in [1.807, 2.05) is 28.9 Å². The van der Waals surface area contributed by atoms with Gasteiger partial charge in [-0.15, -0.1) is 0 Å². The Morgan fingerprint density at radius 2 is 2.00 bits per heavy atom. The van der Waals surface area contributed by atoms with Crippen LogP contribution in [0.1, 0.15) is 55.1 Å². The van der Waals surface area contributed by atoms with Gasteiger partial charge in [0.1, 0.15) is 11.2 Å². The first-order valence-electron chi connectivity index (χ1n) is 11.4. The van der Waals surface area contributed by atoms with Crippen molar-refractivity contribution in [3.05, 3.63) is 57.8 Å². The van der Waals surface area contributed by atoms with Crippen LogP contribution in [0, 0.1) is 17.2 Å². The Bertz CT molecular complexity index is 1190. The Morgan fingerprint density at radius 1 is 1.22 bits per heavy atom. The van der Waals surface area contributed by atoms with E-state index >= 15 is 0 Å². The van der Waals surface area contributed by atoms with Gasteiger partial charge in [0.25, 0.3) is 5.56 Å². The third-order valence-corrected chi connectivity index (χ3v) is 6.90. The highest BCUT2D eigenvalue weighted by atomic mass is 16.5. The fourth-order valence-corrected chi connectivity index (χ4v) is 5.08. The van der Waals surface area contributed by atoms with Crippen LogP contribution in [0.25, 0.3) is 11.0 Å². The zero-order chi connectivity index (χ0) is 22.1. The van der Waals surface area contributed by atoms with Crippen molar-refractivity contribution in [2.24, 2.45) is 5.92 Å². The summed E-state index contributed by atoms with van der Waals surface area (Å²) in [5.41, 5.74) is 2.45. The van der Waals surface area contributed by atoms with Gasteiger partial charge in [0.2, 0.25) is 0 Å². The second-order valence-corrected chi connectivity index (χ2v) is 8.90. The van der Waals surface area contributed by atoms with Gasteiger partial charge in [-0.3, -0.25) is 9.69 Å². The van der Waals surface area contributed by atoms with E-state index in [1.54, 1.807) is 6.20 Å². The number of aromatic amines is 1. The molecule has 0 saturated carbocycles. The average molecular weight is 433 g/mol. The van der Waals surface area contributed by atoms with E-state index in [2.05, 4.69) is 28.0 Å². The van der Waals surface area contributed by atoms with Crippen molar-refractivity contribution in [1.29, 1.82) is 5.26 Å². The molecule has 166 valence electrons. The highest BCUT2D eigenvalue weighted by Crippen LogP contribution is 2.34. The molecule has 2 saturated heterocycles. The van der Waals surface area contributed by atoms with Crippen molar-refractivity contribution < 1.29 is 4.74 Å². The quantitative estimate of drug-likeness (QED) is 0.665. The number of aromatic nitrogens is 4. The van der Waals surface area contributed by atoms with Crippen LogP contribution in [0.2, 0.25) is 0 Å². The zero-order valence-corrected chi connectivity index (χ0v) is 18.3. The van der Waals surface area contributed by atoms with Gasteiger partial charge in [-0.25, -0.2) is 9.67 Å². The van der Waals surface area contributed by atoms with Crippen molar-refractivity contribution in [2.45, 2.75) is 44.7 Å². The molecule has 8 nitrogen and oxygen atoms in total. The Balaban J connectivity index is 1.41. The van der Waals surface area contributed by atoms with Gasteiger partial charge in [0, 0.05) is 38.8 Å². The highest BCUT2D eigenvalue weighted by molar-refractivity contribution is 5.73. The molecular weight excluding hydrogens is 404 g/mol. The van der Waals surface area contributed by atoms with Crippen molar-refractivity contribution in [3.63, 3.8) is 0 Å². The number of rotatable bonds is 5. The summed E-state index contributed by atoms with van der Waals surface area (Å²) < 4.78 is 7.42. The van der Waals surface area contributed by atoms with Crippen LogP contribution in [0.5, 0.6) is 0 Å². The summed E-state index contributed by atoms with van der Waals surface area (Å²) >= 11 is 0. The molecule has 8 heteroatoms. The minimum Gasteiger partial charge on any atom is -0.381 e. The van der Waals surface area contributed by atoms with Crippen molar-refractivity contribution in [1.82, 2.24) is 24.6 Å². The summed E-state index contributed by atoms with van der Waals surface area (Å²) in [7, 11) is 0. The van der Waals surface area contributed by atoms with Crippen molar-refractivity contribution in [3.8, 4) is 6.07 Å². The molecule has 2 aliphatic heterocycles. The van der Waals surface area contributed by atoms with Crippen LogP contribution in [-0.4, -0.2) is 51.0 Å². The topological polar surface area (TPSA) is 99.8 Å². The SMILES string of the molecule is CC[C@@H]1CN(Cc2ccc(C#N)cc2)C[C@H]1c1nc2c(cnn2C2CCOCC2)c(=O)[nH]1. The number of likely N-dealkylation sites (tertiary alicyclic amines) is 1. The molecule has 2 fully saturated rings. The van der Waals surface area contributed by atoms with Gasteiger partial charge < -0.3 is 9.72 Å². The minimum atomic E-state index is -0.108. The molecule has 32 heavy (non-hydrogen) atoms. The van der Waals surface area contributed by atoms with Gasteiger partial charge in [0.05, 0.1) is 23.9 Å². The Hall–Kier alpha value is -3.02. The molecule has 3 aromatic rings. The monoisotopic (exact) mass is 432 g/mol. The molecule has 0 amide bonds. The van der Waals surface area contributed by atoms with E-state index in [4.69, 9.17) is 15.0 Å². The number of fused-ring (bicyclic) bond motifs is 1. The number of hydrogen-bond acceptors (Lipinski definition) is 6. The maximum absolute atomic E-state index is 12.9.